The third kappa shape index (κ3) is 6.37. The lowest BCUT2D eigenvalue weighted by Gasteiger charge is -2.50. The summed E-state index contributed by atoms with van der Waals surface area (Å²) in [4.78, 5) is 42.8. The summed E-state index contributed by atoms with van der Waals surface area (Å²) in [7, 11) is 1.64. The number of benzene rings is 4. The van der Waals surface area contributed by atoms with E-state index in [4.69, 9.17) is 4.74 Å². The van der Waals surface area contributed by atoms with Crippen LogP contribution in [0.1, 0.15) is 52.0 Å². The van der Waals surface area contributed by atoms with E-state index < -0.39 is 11.5 Å². The summed E-state index contributed by atoms with van der Waals surface area (Å²) in [6.07, 6.45) is 1.03. The number of rotatable bonds is 11. The van der Waals surface area contributed by atoms with Gasteiger partial charge in [-0.25, -0.2) is 0 Å². The maximum atomic E-state index is 14.8. The standard InChI is InChI=1S/C36H37N3O4/c1-26(40)38-30-20-18-29(19-21-30)33-36(24-27-12-5-3-6-13-27,35(42)37-22-11-23-43-2)32-17-10-9-16-31(32)34(41)39(33)25-28-14-7-4-8-15-28/h3-10,12-21,33H,11,22-25H2,1-2H3,(H,37,42)(H,38,40)/t33?,36-/m0/s1. The van der Waals surface area contributed by atoms with E-state index in [-0.39, 0.29) is 17.7 Å². The summed E-state index contributed by atoms with van der Waals surface area (Å²) in [5.41, 5.74) is 3.45. The van der Waals surface area contributed by atoms with Crippen LogP contribution in [0.5, 0.6) is 0 Å². The van der Waals surface area contributed by atoms with E-state index in [1.807, 2.05) is 114 Å². The van der Waals surface area contributed by atoms with Crippen LogP contribution in [-0.2, 0) is 32.7 Å². The van der Waals surface area contributed by atoms with Gasteiger partial charge in [0.2, 0.25) is 11.8 Å². The average Bonchev–Trinajstić information content (AvgIpc) is 3.03. The molecule has 0 fully saturated rings. The van der Waals surface area contributed by atoms with Gasteiger partial charge in [-0.05, 0) is 53.3 Å². The molecule has 2 atom stereocenters. The first-order chi connectivity index (χ1) is 20.9. The molecule has 0 saturated heterocycles. The number of carbonyl (C=O) groups is 3. The minimum atomic E-state index is -1.16. The topological polar surface area (TPSA) is 87.7 Å². The van der Waals surface area contributed by atoms with Gasteiger partial charge in [-0.15, -0.1) is 0 Å². The molecule has 7 heteroatoms. The Morgan fingerprint density at radius 2 is 1.47 bits per heavy atom. The molecule has 5 rings (SSSR count). The average molecular weight is 576 g/mol. The zero-order chi connectivity index (χ0) is 30.2. The molecule has 0 bridgehead atoms. The molecular formula is C36H37N3O4. The van der Waals surface area contributed by atoms with E-state index in [9.17, 15) is 14.4 Å². The molecule has 3 amide bonds. The van der Waals surface area contributed by atoms with Gasteiger partial charge >= 0.3 is 0 Å². The Morgan fingerprint density at radius 1 is 0.837 bits per heavy atom. The molecule has 220 valence electrons. The first-order valence-electron chi connectivity index (χ1n) is 14.6. The second kappa shape index (κ2) is 13.5. The van der Waals surface area contributed by atoms with Gasteiger partial charge in [0.1, 0.15) is 5.41 Å². The van der Waals surface area contributed by atoms with Crippen LogP contribution < -0.4 is 10.6 Å². The van der Waals surface area contributed by atoms with E-state index >= 15 is 0 Å². The Balaban J connectivity index is 1.74. The zero-order valence-electron chi connectivity index (χ0n) is 24.6. The highest BCUT2D eigenvalue weighted by molar-refractivity contribution is 6.03. The van der Waals surface area contributed by atoms with Gasteiger partial charge in [-0.2, -0.15) is 0 Å². The highest BCUT2D eigenvalue weighted by Crippen LogP contribution is 2.50. The molecule has 4 aromatic carbocycles. The van der Waals surface area contributed by atoms with Crippen molar-refractivity contribution >= 4 is 23.4 Å². The monoisotopic (exact) mass is 575 g/mol. The number of fused-ring (bicyclic) bond motifs is 1. The first-order valence-corrected chi connectivity index (χ1v) is 14.6. The first kappa shape index (κ1) is 29.7. The number of hydrogen-bond acceptors (Lipinski definition) is 4. The second-order valence-electron chi connectivity index (χ2n) is 10.9. The van der Waals surface area contributed by atoms with Crippen LogP contribution in [0.4, 0.5) is 5.69 Å². The lowest BCUT2D eigenvalue weighted by atomic mass is 9.63. The highest BCUT2D eigenvalue weighted by Gasteiger charge is 2.56. The molecule has 0 aliphatic carbocycles. The van der Waals surface area contributed by atoms with Crippen molar-refractivity contribution in [3.05, 3.63) is 137 Å². The van der Waals surface area contributed by atoms with Gasteiger partial charge in [0.05, 0.1) is 6.04 Å². The fourth-order valence-electron chi connectivity index (χ4n) is 6.12. The summed E-state index contributed by atoms with van der Waals surface area (Å²) in [5, 5.41) is 6.03. The van der Waals surface area contributed by atoms with Gasteiger partial charge in [0, 0.05) is 45.0 Å². The second-order valence-corrected chi connectivity index (χ2v) is 10.9. The SMILES string of the molecule is COCCCNC(=O)[C@@]1(Cc2ccccc2)c2ccccc2C(=O)N(Cc2ccccc2)C1c1ccc(NC(C)=O)cc1. The predicted octanol–water partition coefficient (Wildman–Crippen LogP) is 5.68. The number of anilines is 1. The number of methoxy groups -OCH3 is 1. The van der Waals surface area contributed by atoms with Crippen molar-refractivity contribution in [1.82, 2.24) is 10.2 Å². The van der Waals surface area contributed by atoms with Gasteiger partial charge in [0.25, 0.3) is 5.91 Å². The molecule has 1 aliphatic heterocycles. The zero-order valence-corrected chi connectivity index (χ0v) is 24.6. The van der Waals surface area contributed by atoms with Gasteiger partial charge in [0.15, 0.2) is 0 Å². The maximum Gasteiger partial charge on any atom is 0.255 e. The molecule has 0 radical (unpaired) electrons. The molecule has 1 heterocycles. The third-order valence-electron chi connectivity index (χ3n) is 7.96. The normalized spacial score (nSPS) is 17.7. The van der Waals surface area contributed by atoms with E-state index in [1.54, 1.807) is 7.11 Å². The number of carbonyl (C=O) groups excluding carboxylic acids is 3. The fraction of sp³-hybridized carbons (Fsp3) is 0.250. The summed E-state index contributed by atoms with van der Waals surface area (Å²) in [6.45, 7) is 2.74. The van der Waals surface area contributed by atoms with Crippen LogP contribution in [0.3, 0.4) is 0 Å². The smallest absolute Gasteiger partial charge is 0.255 e. The lowest BCUT2D eigenvalue weighted by molar-refractivity contribution is -0.130. The molecule has 2 N–H and O–H groups in total. The molecule has 1 aliphatic rings. The van der Waals surface area contributed by atoms with E-state index in [1.165, 1.54) is 6.92 Å². The predicted molar refractivity (Wildman–Crippen MR) is 168 cm³/mol. The molecule has 7 nitrogen and oxygen atoms in total. The largest absolute Gasteiger partial charge is 0.385 e. The van der Waals surface area contributed by atoms with Crippen LogP contribution in [-0.4, -0.2) is 42.9 Å². The number of nitrogens with zero attached hydrogens (tertiary/aromatic N) is 1. The number of amides is 3. The molecule has 43 heavy (non-hydrogen) atoms. The Kier molecular flexibility index (Phi) is 9.32. The Hall–Kier alpha value is -4.75. The van der Waals surface area contributed by atoms with E-state index in [0.717, 1.165) is 16.7 Å². The Labute approximate surface area is 252 Å². The van der Waals surface area contributed by atoms with Crippen molar-refractivity contribution in [2.45, 2.75) is 37.8 Å². The van der Waals surface area contributed by atoms with Crippen molar-refractivity contribution in [3.8, 4) is 0 Å². The highest BCUT2D eigenvalue weighted by atomic mass is 16.5. The minimum Gasteiger partial charge on any atom is -0.385 e. The van der Waals surface area contributed by atoms with Gasteiger partial charge in [-0.1, -0.05) is 91.0 Å². The molecule has 0 spiro atoms. The summed E-state index contributed by atoms with van der Waals surface area (Å²) < 4.78 is 5.24. The quantitative estimate of drug-likeness (QED) is 0.226. The molecule has 4 aromatic rings. The molecule has 1 unspecified atom stereocenters. The van der Waals surface area contributed by atoms with Crippen molar-refractivity contribution < 1.29 is 19.1 Å². The Morgan fingerprint density at radius 3 is 2.12 bits per heavy atom. The van der Waals surface area contributed by atoms with Crippen LogP contribution in [0.15, 0.2) is 109 Å². The van der Waals surface area contributed by atoms with Crippen LogP contribution in [0, 0.1) is 0 Å². The third-order valence-corrected chi connectivity index (χ3v) is 7.96. The molecular weight excluding hydrogens is 538 g/mol. The van der Waals surface area contributed by atoms with Crippen molar-refractivity contribution in [1.29, 1.82) is 0 Å². The van der Waals surface area contributed by atoms with E-state index in [2.05, 4.69) is 10.6 Å². The van der Waals surface area contributed by atoms with Crippen molar-refractivity contribution in [2.75, 3.05) is 25.6 Å². The van der Waals surface area contributed by atoms with Gasteiger partial charge < -0.3 is 20.3 Å². The number of nitrogens with one attached hydrogen (secondary N) is 2. The summed E-state index contributed by atoms with van der Waals surface area (Å²) >= 11 is 0. The van der Waals surface area contributed by atoms with Crippen LogP contribution in [0.2, 0.25) is 0 Å². The van der Waals surface area contributed by atoms with Crippen LogP contribution in [0.25, 0.3) is 0 Å². The minimum absolute atomic E-state index is 0.133. The summed E-state index contributed by atoms with van der Waals surface area (Å²) in [6, 6.07) is 34.1. The fourth-order valence-corrected chi connectivity index (χ4v) is 6.12. The van der Waals surface area contributed by atoms with Gasteiger partial charge in [-0.3, -0.25) is 14.4 Å². The molecule has 0 saturated carbocycles. The number of ether oxygens (including phenoxy) is 1. The van der Waals surface area contributed by atoms with Crippen molar-refractivity contribution in [2.24, 2.45) is 0 Å². The molecule has 0 aromatic heterocycles. The lowest BCUT2D eigenvalue weighted by Crippen LogP contribution is -2.59. The Bertz CT molecular complexity index is 1560. The maximum absolute atomic E-state index is 14.8. The van der Waals surface area contributed by atoms with E-state index in [0.29, 0.717) is 49.4 Å². The van der Waals surface area contributed by atoms with Crippen LogP contribution >= 0.6 is 0 Å². The number of hydrogen-bond donors (Lipinski definition) is 2. The summed E-state index contributed by atoms with van der Waals surface area (Å²) in [5.74, 6) is -0.457. The van der Waals surface area contributed by atoms with Crippen molar-refractivity contribution in [3.63, 3.8) is 0 Å².